The summed E-state index contributed by atoms with van der Waals surface area (Å²) in [6, 6.07) is 8.29. The van der Waals surface area contributed by atoms with Crippen LogP contribution in [0.1, 0.15) is 24.8 Å². The van der Waals surface area contributed by atoms with Gasteiger partial charge in [0, 0.05) is 29.9 Å². The Balaban J connectivity index is 1.79. The Morgan fingerprint density at radius 1 is 1.24 bits per heavy atom. The van der Waals surface area contributed by atoms with Gasteiger partial charge >= 0.3 is 0 Å². The third-order valence-corrected chi connectivity index (χ3v) is 4.60. The average molecular weight is 348 g/mol. The van der Waals surface area contributed by atoms with E-state index in [0.29, 0.717) is 5.95 Å². The fourth-order valence-corrected chi connectivity index (χ4v) is 3.08. The van der Waals surface area contributed by atoms with Crippen LogP contribution in [0, 0.1) is 0 Å². The molecule has 1 fully saturated rings. The van der Waals surface area contributed by atoms with Crippen molar-refractivity contribution in [1.82, 2.24) is 9.97 Å². The number of ether oxygens (including phenoxy) is 1. The van der Waals surface area contributed by atoms with E-state index in [0.717, 1.165) is 29.6 Å². The van der Waals surface area contributed by atoms with E-state index < -0.39 is 0 Å². The van der Waals surface area contributed by atoms with Crippen molar-refractivity contribution in [2.45, 2.75) is 24.7 Å². The molecule has 3 rings (SSSR count). The summed E-state index contributed by atoms with van der Waals surface area (Å²) in [6.45, 7) is 0.828. The molecule has 5 heteroatoms. The maximum Gasteiger partial charge on any atom is 0.222 e. The summed E-state index contributed by atoms with van der Waals surface area (Å²) < 4.78 is 6.42. The number of hydrogen-bond donors (Lipinski definition) is 1. The van der Waals surface area contributed by atoms with Gasteiger partial charge < -0.3 is 10.1 Å². The second-order valence-electron chi connectivity index (χ2n) is 5.41. The number of nitrogens with zero attached hydrogens (tertiary/aromatic N) is 2. The van der Waals surface area contributed by atoms with E-state index in [2.05, 4.69) is 43.3 Å². The van der Waals surface area contributed by atoms with Gasteiger partial charge in [-0.3, -0.25) is 0 Å². The summed E-state index contributed by atoms with van der Waals surface area (Å²) in [5.41, 5.74) is 1.41. The minimum atomic E-state index is 0.128. The zero-order valence-electron chi connectivity index (χ0n) is 12.0. The topological polar surface area (TPSA) is 47.0 Å². The molecule has 0 radical (unpaired) electrons. The molecule has 1 saturated carbocycles. The quantitative estimate of drug-likeness (QED) is 0.893. The molecule has 1 aliphatic rings. The number of benzene rings is 1. The molecule has 21 heavy (non-hydrogen) atoms. The molecular weight excluding hydrogens is 330 g/mol. The van der Waals surface area contributed by atoms with E-state index in [9.17, 15) is 0 Å². The maximum atomic E-state index is 5.53. The SMILES string of the molecule is COc1ccccc1C1(CNc2ncc(Br)cn2)CCC1. The highest BCUT2D eigenvalue weighted by atomic mass is 79.9. The molecule has 110 valence electrons. The van der Waals surface area contributed by atoms with Crippen molar-refractivity contribution in [3.8, 4) is 5.75 Å². The van der Waals surface area contributed by atoms with Gasteiger partial charge in [-0.2, -0.15) is 0 Å². The molecule has 2 aromatic rings. The van der Waals surface area contributed by atoms with Crippen molar-refractivity contribution in [3.05, 3.63) is 46.7 Å². The van der Waals surface area contributed by atoms with Gasteiger partial charge in [0.15, 0.2) is 0 Å². The molecule has 1 N–H and O–H groups in total. The van der Waals surface area contributed by atoms with Gasteiger partial charge in [0.1, 0.15) is 5.75 Å². The summed E-state index contributed by atoms with van der Waals surface area (Å²) in [5, 5.41) is 3.37. The molecular formula is C16H18BrN3O. The summed E-state index contributed by atoms with van der Waals surface area (Å²) in [6.07, 6.45) is 7.09. The predicted octanol–water partition coefficient (Wildman–Crippen LogP) is 3.78. The molecule has 0 spiro atoms. The number of para-hydroxylation sites is 1. The van der Waals surface area contributed by atoms with Crippen LogP contribution in [0.4, 0.5) is 5.95 Å². The Hall–Kier alpha value is -1.62. The average Bonchev–Trinajstić information content (AvgIpc) is 2.48. The second-order valence-corrected chi connectivity index (χ2v) is 6.33. The Kier molecular flexibility index (Phi) is 4.10. The van der Waals surface area contributed by atoms with E-state index in [1.54, 1.807) is 19.5 Å². The lowest BCUT2D eigenvalue weighted by atomic mass is 9.64. The van der Waals surface area contributed by atoms with E-state index in [4.69, 9.17) is 4.74 Å². The Morgan fingerprint density at radius 3 is 2.57 bits per heavy atom. The minimum absolute atomic E-state index is 0.128. The second kappa shape index (κ2) is 6.02. The Labute approximate surface area is 133 Å². The molecule has 0 saturated heterocycles. The third kappa shape index (κ3) is 2.88. The van der Waals surface area contributed by atoms with Crippen molar-refractivity contribution in [1.29, 1.82) is 0 Å². The van der Waals surface area contributed by atoms with Crippen LogP contribution in [0.25, 0.3) is 0 Å². The van der Waals surface area contributed by atoms with Gasteiger partial charge in [0.05, 0.1) is 11.6 Å². The number of methoxy groups -OCH3 is 1. The smallest absolute Gasteiger partial charge is 0.222 e. The number of nitrogens with one attached hydrogen (secondary N) is 1. The monoisotopic (exact) mass is 347 g/mol. The van der Waals surface area contributed by atoms with E-state index >= 15 is 0 Å². The van der Waals surface area contributed by atoms with Crippen molar-refractivity contribution >= 4 is 21.9 Å². The molecule has 0 amide bonds. The Morgan fingerprint density at radius 2 is 1.95 bits per heavy atom. The first-order chi connectivity index (χ1) is 10.2. The fraction of sp³-hybridized carbons (Fsp3) is 0.375. The third-order valence-electron chi connectivity index (χ3n) is 4.19. The lowest BCUT2D eigenvalue weighted by Gasteiger charge is -2.43. The van der Waals surface area contributed by atoms with Crippen molar-refractivity contribution in [2.75, 3.05) is 19.0 Å². The largest absolute Gasteiger partial charge is 0.496 e. The number of halogens is 1. The zero-order chi connectivity index (χ0) is 14.7. The number of aromatic nitrogens is 2. The molecule has 4 nitrogen and oxygen atoms in total. The summed E-state index contributed by atoms with van der Waals surface area (Å²) in [4.78, 5) is 8.55. The van der Waals surface area contributed by atoms with Gasteiger partial charge in [0.2, 0.25) is 5.95 Å². The highest BCUT2D eigenvalue weighted by Gasteiger charge is 2.40. The summed E-state index contributed by atoms with van der Waals surface area (Å²) in [5.74, 6) is 1.63. The van der Waals surface area contributed by atoms with Gasteiger partial charge in [-0.1, -0.05) is 24.6 Å². The number of rotatable bonds is 5. The summed E-state index contributed by atoms with van der Waals surface area (Å²) in [7, 11) is 1.73. The van der Waals surface area contributed by atoms with Crippen LogP contribution >= 0.6 is 15.9 Å². The maximum absolute atomic E-state index is 5.53. The molecule has 0 aliphatic heterocycles. The van der Waals surface area contributed by atoms with Crippen LogP contribution in [0.3, 0.4) is 0 Å². The first kappa shape index (κ1) is 14.3. The normalized spacial score (nSPS) is 16.1. The van der Waals surface area contributed by atoms with Crippen LogP contribution < -0.4 is 10.1 Å². The standard InChI is InChI=1S/C16H18BrN3O/c1-21-14-6-3-2-5-13(14)16(7-4-8-16)11-20-15-18-9-12(17)10-19-15/h2-3,5-6,9-10H,4,7-8,11H2,1H3,(H,18,19,20). The van der Waals surface area contributed by atoms with E-state index in [1.165, 1.54) is 12.0 Å². The lowest BCUT2D eigenvalue weighted by molar-refractivity contribution is 0.250. The van der Waals surface area contributed by atoms with Gasteiger partial charge in [-0.05, 0) is 34.8 Å². The molecule has 0 atom stereocenters. The molecule has 1 aromatic heterocycles. The highest BCUT2D eigenvalue weighted by molar-refractivity contribution is 9.10. The lowest BCUT2D eigenvalue weighted by Crippen LogP contribution is -2.41. The molecule has 0 bridgehead atoms. The van der Waals surface area contributed by atoms with Gasteiger partial charge in [-0.15, -0.1) is 0 Å². The molecule has 1 aliphatic carbocycles. The highest BCUT2D eigenvalue weighted by Crippen LogP contribution is 2.46. The number of hydrogen-bond acceptors (Lipinski definition) is 4. The van der Waals surface area contributed by atoms with E-state index in [-0.39, 0.29) is 5.41 Å². The fourth-order valence-electron chi connectivity index (χ4n) is 2.88. The molecule has 1 aromatic carbocycles. The van der Waals surface area contributed by atoms with Gasteiger partial charge in [-0.25, -0.2) is 9.97 Å². The van der Waals surface area contributed by atoms with Crippen molar-refractivity contribution in [2.24, 2.45) is 0 Å². The minimum Gasteiger partial charge on any atom is -0.496 e. The number of anilines is 1. The van der Waals surface area contributed by atoms with Crippen LogP contribution in [0.2, 0.25) is 0 Å². The summed E-state index contributed by atoms with van der Waals surface area (Å²) >= 11 is 3.35. The van der Waals surface area contributed by atoms with Crippen molar-refractivity contribution < 1.29 is 4.74 Å². The Bertz CT molecular complexity index is 611. The van der Waals surface area contributed by atoms with Crippen LogP contribution in [-0.2, 0) is 5.41 Å². The zero-order valence-corrected chi connectivity index (χ0v) is 13.6. The van der Waals surface area contributed by atoms with Crippen LogP contribution in [0.5, 0.6) is 5.75 Å². The van der Waals surface area contributed by atoms with E-state index in [1.807, 2.05) is 12.1 Å². The van der Waals surface area contributed by atoms with Gasteiger partial charge in [0.25, 0.3) is 0 Å². The first-order valence-corrected chi connectivity index (χ1v) is 7.88. The van der Waals surface area contributed by atoms with Crippen molar-refractivity contribution in [3.63, 3.8) is 0 Å². The predicted molar refractivity (Wildman–Crippen MR) is 86.7 cm³/mol. The molecule has 1 heterocycles. The molecule has 0 unspecified atom stereocenters. The first-order valence-electron chi connectivity index (χ1n) is 7.08. The van der Waals surface area contributed by atoms with Crippen LogP contribution in [0.15, 0.2) is 41.1 Å². The van der Waals surface area contributed by atoms with Crippen LogP contribution in [-0.4, -0.2) is 23.6 Å².